The number of hydrogen-bond donors (Lipinski definition) is 2. The van der Waals surface area contributed by atoms with E-state index in [1.165, 1.54) is 0 Å². The van der Waals surface area contributed by atoms with E-state index in [1.54, 1.807) is 29.0 Å². The minimum absolute atomic E-state index is 0.0242. The van der Waals surface area contributed by atoms with Gasteiger partial charge in [0.2, 0.25) is 0 Å². The van der Waals surface area contributed by atoms with E-state index < -0.39 is 0 Å². The van der Waals surface area contributed by atoms with Crippen molar-refractivity contribution in [2.45, 2.75) is 25.8 Å². The zero-order valence-electron chi connectivity index (χ0n) is 11.9. The van der Waals surface area contributed by atoms with Crippen molar-refractivity contribution in [3.63, 3.8) is 0 Å². The molecule has 0 aromatic carbocycles. The van der Waals surface area contributed by atoms with E-state index in [0.29, 0.717) is 25.3 Å². The highest BCUT2D eigenvalue weighted by molar-refractivity contribution is 5.92. The standard InChI is InChI=1S/C13H21N5O2/c1-3-15-13(20)18-6-4-10(5-7-18)16-12(19)11-8-14-9-17(11)2/h8-10H,3-7H2,1-2H3,(H,15,20)(H,16,19). The minimum Gasteiger partial charge on any atom is -0.348 e. The van der Waals surface area contributed by atoms with Gasteiger partial charge >= 0.3 is 6.03 Å². The van der Waals surface area contributed by atoms with Gasteiger partial charge in [0.1, 0.15) is 5.69 Å². The third-order valence-electron chi connectivity index (χ3n) is 3.49. The van der Waals surface area contributed by atoms with Crippen LogP contribution in [0.5, 0.6) is 0 Å². The summed E-state index contributed by atoms with van der Waals surface area (Å²) in [5.74, 6) is -0.110. The van der Waals surface area contributed by atoms with Crippen molar-refractivity contribution in [1.82, 2.24) is 25.1 Å². The first-order valence-electron chi connectivity index (χ1n) is 6.91. The van der Waals surface area contributed by atoms with Crippen LogP contribution in [0, 0.1) is 0 Å². The number of nitrogens with one attached hydrogen (secondary N) is 2. The fourth-order valence-electron chi connectivity index (χ4n) is 2.33. The van der Waals surface area contributed by atoms with Crippen molar-refractivity contribution in [2.75, 3.05) is 19.6 Å². The van der Waals surface area contributed by atoms with E-state index in [2.05, 4.69) is 15.6 Å². The van der Waals surface area contributed by atoms with Crippen LogP contribution in [0.1, 0.15) is 30.3 Å². The molecule has 1 fully saturated rings. The molecule has 1 aromatic heterocycles. The Bertz CT molecular complexity index is 477. The maximum atomic E-state index is 12.0. The monoisotopic (exact) mass is 279 g/mol. The average molecular weight is 279 g/mol. The number of imidazole rings is 1. The normalized spacial score (nSPS) is 16.0. The minimum atomic E-state index is -0.110. The van der Waals surface area contributed by atoms with Crippen LogP contribution in [0.25, 0.3) is 0 Å². The molecule has 1 aliphatic heterocycles. The molecule has 7 nitrogen and oxygen atoms in total. The van der Waals surface area contributed by atoms with Crippen LogP contribution in [0.4, 0.5) is 4.79 Å². The SMILES string of the molecule is CCNC(=O)N1CCC(NC(=O)c2cncn2C)CC1. The zero-order valence-corrected chi connectivity index (χ0v) is 11.9. The Kier molecular flexibility index (Phi) is 4.60. The second-order valence-corrected chi connectivity index (χ2v) is 4.96. The maximum Gasteiger partial charge on any atom is 0.317 e. The van der Waals surface area contributed by atoms with Gasteiger partial charge in [0, 0.05) is 32.7 Å². The van der Waals surface area contributed by atoms with E-state index in [4.69, 9.17) is 0 Å². The fourth-order valence-corrected chi connectivity index (χ4v) is 2.33. The van der Waals surface area contributed by atoms with Gasteiger partial charge in [0.05, 0.1) is 12.5 Å². The third-order valence-corrected chi connectivity index (χ3v) is 3.49. The summed E-state index contributed by atoms with van der Waals surface area (Å²) in [6, 6.07) is 0.0898. The molecular formula is C13H21N5O2. The summed E-state index contributed by atoms with van der Waals surface area (Å²) < 4.78 is 1.69. The lowest BCUT2D eigenvalue weighted by atomic mass is 10.1. The van der Waals surface area contributed by atoms with Crippen LogP contribution in [-0.4, -0.2) is 52.1 Å². The first-order chi connectivity index (χ1) is 9.61. The van der Waals surface area contributed by atoms with Crippen LogP contribution in [0.2, 0.25) is 0 Å². The Morgan fingerprint density at radius 3 is 2.65 bits per heavy atom. The summed E-state index contributed by atoms with van der Waals surface area (Å²) in [5, 5.41) is 5.78. The number of carbonyl (C=O) groups excluding carboxylic acids is 2. The highest BCUT2D eigenvalue weighted by atomic mass is 16.2. The van der Waals surface area contributed by atoms with Crippen molar-refractivity contribution in [3.05, 3.63) is 18.2 Å². The molecule has 0 spiro atoms. The number of piperidine rings is 1. The number of likely N-dealkylation sites (tertiary alicyclic amines) is 1. The molecule has 2 rings (SSSR count). The summed E-state index contributed by atoms with van der Waals surface area (Å²) in [7, 11) is 1.79. The van der Waals surface area contributed by atoms with Crippen LogP contribution in [-0.2, 0) is 7.05 Å². The van der Waals surface area contributed by atoms with Gasteiger partial charge in [-0.05, 0) is 19.8 Å². The molecule has 0 saturated carbocycles. The van der Waals surface area contributed by atoms with Crippen LogP contribution >= 0.6 is 0 Å². The van der Waals surface area contributed by atoms with Crippen LogP contribution in [0.15, 0.2) is 12.5 Å². The molecule has 0 unspecified atom stereocenters. The highest BCUT2D eigenvalue weighted by Gasteiger charge is 2.24. The van der Waals surface area contributed by atoms with E-state index >= 15 is 0 Å². The number of urea groups is 1. The zero-order chi connectivity index (χ0) is 14.5. The van der Waals surface area contributed by atoms with E-state index in [9.17, 15) is 9.59 Å². The number of hydrogen-bond acceptors (Lipinski definition) is 3. The lowest BCUT2D eigenvalue weighted by Crippen LogP contribution is -2.49. The predicted molar refractivity (Wildman–Crippen MR) is 74.3 cm³/mol. The highest BCUT2D eigenvalue weighted by Crippen LogP contribution is 2.11. The molecule has 0 bridgehead atoms. The van der Waals surface area contributed by atoms with Gasteiger partial charge in [-0.15, -0.1) is 0 Å². The first kappa shape index (κ1) is 14.4. The van der Waals surface area contributed by atoms with Crippen LogP contribution in [0.3, 0.4) is 0 Å². The Labute approximate surface area is 118 Å². The molecule has 7 heteroatoms. The molecule has 20 heavy (non-hydrogen) atoms. The molecule has 110 valence electrons. The lowest BCUT2D eigenvalue weighted by molar-refractivity contribution is 0.0909. The fraction of sp³-hybridized carbons (Fsp3) is 0.615. The van der Waals surface area contributed by atoms with E-state index in [-0.39, 0.29) is 18.0 Å². The van der Waals surface area contributed by atoms with Crippen molar-refractivity contribution in [2.24, 2.45) is 7.05 Å². The quantitative estimate of drug-likeness (QED) is 0.837. The van der Waals surface area contributed by atoms with Gasteiger partial charge < -0.3 is 20.1 Å². The molecule has 2 N–H and O–H groups in total. The topological polar surface area (TPSA) is 79.3 Å². The number of rotatable bonds is 3. The number of amides is 3. The summed E-state index contributed by atoms with van der Waals surface area (Å²) >= 11 is 0. The molecule has 0 atom stereocenters. The number of aromatic nitrogens is 2. The molecular weight excluding hydrogens is 258 g/mol. The summed E-state index contributed by atoms with van der Waals surface area (Å²) in [6.45, 7) is 3.87. The lowest BCUT2D eigenvalue weighted by Gasteiger charge is -2.32. The maximum absolute atomic E-state index is 12.0. The smallest absolute Gasteiger partial charge is 0.317 e. The predicted octanol–water partition coefficient (Wildman–Crippen LogP) is 0.344. The number of aryl methyl sites for hydroxylation is 1. The number of carbonyl (C=O) groups is 2. The van der Waals surface area contributed by atoms with Gasteiger partial charge in [0.15, 0.2) is 0 Å². The van der Waals surface area contributed by atoms with Crippen molar-refractivity contribution in [1.29, 1.82) is 0 Å². The summed E-state index contributed by atoms with van der Waals surface area (Å²) in [6.07, 6.45) is 4.72. The Balaban J connectivity index is 1.81. The Morgan fingerprint density at radius 2 is 2.10 bits per heavy atom. The first-order valence-corrected chi connectivity index (χ1v) is 6.91. The van der Waals surface area contributed by atoms with Gasteiger partial charge in [0.25, 0.3) is 5.91 Å². The molecule has 3 amide bonds. The number of nitrogens with zero attached hydrogens (tertiary/aromatic N) is 3. The largest absolute Gasteiger partial charge is 0.348 e. The van der Waals surface area contributed by atoms with Gasteiger partial charge in [-0.2, -0.15) is 0 Å². The molecule has 0 radical (unpaired) electrons. The van der Waals surface area contributed by atoms with Gasteiger partial charge in [-0.25, -0.2) is 9.78 Å². The molecule has 0 aliphatic carbocycles. The van der Waals surface area contributed by atoms with Crippen molar-refractivity contribution >= 4 is 11.9 Å². The van der Waals surface area contributed by atoms with Gasteiger partial charge in [-0.3, -0.25) is 4.79 Å². The van der Waals surface area contributed by atoms with Crippen molar-refractivity contribution < 1.29 is 9.59 Å². The molecule has 1 aromatic rings. The van der Waals surface area contributed by atoms with E-state index in [0.717, 1.165) is 12.8 Å². The second-order valence-electron chi connectivity index (χ2n) is 4.96. The molecule has 2 heterocycles. The third kappa shape index (κ3) is 3.28. The Hall–Kier alpha value is -2.05. The Morgan fingerprint density at radius 1 is 1.40 bits per heavy atom. The van der Waals surface area contributed by atoms with Gasteiger partial charge in [-0.1, -0.05) is 0 Å². The summed E-state index contributed by atoms with van der Waals surface area (Å²) in [5.41, 5.74) is 0.552. The summed E-state index contributed by atoms with van der Waals surface area (Å²) in [4.78, 5) is 29.4. The van der Waals surface area contributed by atoms with Crippen molar-refractivity contribution in [3.8, 4) is 0 Å². The molecule has 1 saturated heterocycles. The van der Waals surface area contributed by atoms with Crippen LogP contribution < -0.4 is 10.6 Å². The second kappa shape index (κ2) is 6.40. The van der Waals surface area contributed by atoms with E-state index in [1.807, 2.05) is 6.92 Å². The average Bonchev–Trinajstić information content (AvgIpc) is 2.86. The molecule has 1 aliphatic rings.